The number of methoxy groups -OCH3 is 3. The van der Waals surface area contributed by atoms with Gasteiger partial charge >= 0.3 is 0 Å². The summed E-state index contributed by atoms with van der Waals surface area (Å²) in [4.78, 5) is 24.5. The molecule has 0 bridgehead atoms. The van der Waals surface area contributed by atoms with Crippen molar-refractivity contribution in [2.75, 3.05) is 32.0 Å². The van der Waals surface area contributed by atoms with Crippen molar-refractivity contribution in [3.63, 3.8) is 0 Å². The number of hydrogen-bond donors (Lipinski definition) is 2. The van der Waals surface area contributed by atoms with Crippen LogP contribution in [0.3, 0.4) is 0 Å². The Labute approximate surface area is 165 Å². The van der Waals surface area contributed by atoms with E-state index in [0.29, 0.717) is 40.6 Å². The highest BCUT2D eigenvalue weighted by Crippen LogP contribution is 2.29. The molecule has 150 valence electrons. The molecule has 2 rings (SSSR count). The highest BCUT2D eigenvalue weighted by atomic mass is 16.5. The lowest BCUT2D eigenvalue weighted by Gasteiger charge is -2.13. The second kappa shape index (κ2) is 10.2. The molecule has 2 N–H and O–H groups in total. The molecule has 0 aromatic heterocycles. The van der Waals surface area contributed by atoms with E-state index >= 15 is 0 Å². The van der Waals surface area contributed by atoms with Gasteiger partial charge in [0.1, 0.15) is 17.2 Å². The van der Waals surface area contributed by atoms with Gasteiger partial charge < -0.3 is 24.8 Å². The second-order valence-electron chi connectivity index (χ2n) is 6.12. The van der Waals surface area contributed by atoms with Gasteiger partial charge in [-0.05, 0) is 30.7 Å². The van der Waals surface area contributed by atoms with E-state index in [0.717, 1.165) is 12.8 Å². The Morgan fingerprint density at radius 3 is 2.14 bits per heavy atom. The summed E-state index contributed by atoms with van der Waals surface area (Å²) < 4.78 is 15.7. The zero-order chi connectivity index (χ0) is 20.5. The summed E-state index contributed by atoms with van der Waals surface area (Å²) in [5.74, 6) is 1.12. The zero-order valence-electron chi connectivity index (χ0n) is 16.6. The van der Waals surface area contributed by atoms with Gasteiger partial charge in [-0.2, -0.15) is 0 Å². The summed E-state index contributed by atoms with van der Waals surface area (Å²) in [5, 5.41) is 5.64. The minimum absolute atomic E-state index is 0.0691. The average molecular weight is 386 g/mol. The monoisotopic (exact) mass is 386 g/mol. The highest BCUT2D eigenvalue weighted by Gasteiger charge is 2.13. The fourth-order valence-electron chi connectivity index (χ4n) is 2.56. The minimum Gasteiger partial charge on any atom is -0.497 e. The van der Waals surface area contributed by atoms with Gasteiger partial charge in [-0.3, -0.25) is 9.59 Å². The van der Waals surface area contributed by atoms with Gasteiger partial charge in [0.2, 0.25) is 5.91 Å². The topological polar surface area (TPSA) is 85.9 Å². The molecule has 0 unspecified atom stereocenters. The Morgan fingerprint density at radius 2 is 1.57 bits per heavy atom. The predicted molar refractivity (Wildman–Crippen MR) is 109 cm³/mol. The van der Waals surface area contributed by atoms with Crippen molar-refractivity contribution in [3.05, 3.63) is 42.0 Å². The molecule has 0 aliphatic carbocycles. The number of carbonyl (C=O) groups excluding carboxylic acids is 2. The van der Waals surface area contributed by atoms with Gasteiger partial charge in [0.15, 0.2) is 0 Å². The molecule has 0 spiro atoms. The summed E-state index contributed by atoms with van der Waals surface area (Å²) in [6.07, 6.45) is 2.23. The third-order valence-corrected chi connectivity index (χ3v) is 4.10. The SMILES string of the molecule is CCCCC(=O)Nc1ccc(NC(=O)c2cc(OC)cc(OC)c2)cc1OC. The number of amides is 2. The van der Waals surface area contributed by atoms with Crippen LogP contribution < -0.4 is 24.8 Å². The van der Waals surface area contributed by atoms with E-state index < -0.39 is 0 Å². The normalized spacial score (nSPS) is 10.1. The van der Waals surface area contributed by atoms with Crippen molar-refractivity contribution in [3.8, 4) is 17.2 Å². The van der Waals surface area contributed by atoms with Gasteiger partial charge in [0, 0.05) is 29.8 Å². The predicted octanol–water partition coefficient (Wildman–Crippen LogP) is 4.09. The first kappa shape index (κ1) is 21.1. The fraction of sp³-hybridized carbons (Fsp3) is 0.333. The number of benzene rings is 2. The molecular formula is C21H26N2O5. The Bertz CT molecular complexity index is 813. The van der Waals surface area contributed by atoms with Crippen molar-refractivity contribution in [1.29, 1.82) is 0 Å². The van der Waals surface area contributed by atoms with Crippen molar-refractivity contribution < 1.29 is 23.8 Å². The second-order valence-corrected chi connectivity index (χ2v) is 6.12. The van der Waals surface area contributed by atoms with Crippen LogP contribution in [0.4, 0.5) is 11.4 Å². The van der Waals surface area contributed by atoms with Gasteiger partial charge in [-0.1, -0.05) is 13.3 Å². The molecular weight excluding hydrogens is 360 g/mol. The van der Waals surface area contributed by atoms with Gasteiger partial charge in [-0.15, -0.1) is 0 Å². The molecule has 2 aromatic rings. The van der Waals surface area contributed by atoms with E-state index in [2.05, 4.69) is 10.6 Å². The number of unbranched alkanes of at least 4 members (excludes halogenated alkanes) is 1. The number of rotatable bonds is 9. The smallest absolute Gasteiger partial charge is 0.255 e. The number of ether oxygens (including phenoxy) is 3. The average Bonchev–Trinajstić information content (AvgIpc) is 2.72. The molecule has 0 aliphatic rings. The lowest BCUT2D eigenvalue weighted by molar-refractivity contribution is -0.116. The molecule has 0 atom stereocenters. The van der Waals surface area contributed by atoms with Crippen LogP contribution in [-0.2, 0) is 4.79 Å². The summed E-state index contributed by atoms with van der Waals surface area (Å²) in [6, 6.07) is 9.99. The summed E-state index contributed by atoms with van der Waals surface area (Å²) in [5.41, 5.74) is 1.49. The molecule has 2 aromatic carbocycles. The molecule has 0 heterocycles. The molecule has 7 nitrogen and oxygen atoms in total. The molecule has 0 saturated heterocycles. The lowest BCUT2D eigenvalue weighted by Crippen LogP contribution is -2.14. The molecule has 0 radical (unpaired) electrons. The standard InChI is InChI=1S/C21H26N2O5/c1-5-6-7-20(24)23-18-9-8-15(12-19(18)28-4)22-21(25)14-10-16(26-2)13-17(11-14)27-3/h8-13H,5-7H2,1-4H3,(H,22,25)(H,23,24). The number of carbonyl (C=O) groups is 2. The van der Waals surface area contributed by atoms with Gasteiger partial charge in [0.25, 0.3) is 5.91 Å². The van der Waals surface area contributed by atoms with Crippen molar-refractivity contribution in [1.82, 2.24) is 0 Å². The van der Waals surface area contributed by atoms with Crippen LogP contribution in [0.25, 0.3) is 0 Å². The molecule has 0 fully saturated rings. The Morgan fingerprint density at radius 1 is 0.893 bits per heavy atom. The maximum atomic E-state index is 12.6. The Balaban J connectivity index is 2.16. The van der Waals surface area contributed by atoms with Crippen molar-refractivity contribution in [2.45, 2.75) is 26.2 Å². The Hall–Kier alpha value is -3.22. The van der Waals surface area contributed by atoms with Crippen LogP contribution in [-0.4, -0.2) is 33.1 Å². The largest absolute Gasteiger partial charge is 0.497 e. The number of hydrogen-bond acceptors (Lipinski definition) is 5. The van der Waals surface area contributed by atoms with Gasteiger partial charge in [0.05, 0.1) is 27.0 Å². The van der Waals surface area contributed by atoms with Crippen LogP contribution in [0, 0.1) is 0 Å². The van der Waals surface area contributed by atoms with E-state index in [1.807, 2.05) is 6.92 Å². The summed E-state index contributed by atoms with van der Waals surface area (Å²) in [6.45, 7) is 2.03. The summed E-state index contributed by atoms with van der Waals surface area (Å²) >= 11 is 0. The first-order valence-corrected chi connectivity index (χ1v) is 9.03. The minimum atomic E-state index is -0.320. The van der Waals surface area contributed by atoms with E-state index in [4.69, 9.17) is 14.2 Å². The van der Waals surface area contributed by atoms with Crippen LogP contribution in [0.5, 0.6) is 17.2 Å². The third-order valence-electron chi connectivity index (χ3n) is 4.10. The van der Waals surface area contributed by atoms with Crippen LogP contribution in [0.2, 0.25) is 0 Å². The van der Waals surface area contributed by atoms with E-state index in [1.165, 1.54) is 21.3 Å². The van der Waals surface area contributed by atoms with E-state index in [9.17, 15) is 9.59 Å². The van der Waals surface area contributed by atoms with Crippen LogP contribution in [0.15, 0.2) is 36.4 Å². The van der Waals surface area contributed by atoms with Crippen molar-refractivity contribution in [2.24, 2.45) is 0 Å². The summed E-state index contributed by atoms with van der Waals surface area (Å²) in [7, 11) is 4.55. The molecule has 0 saturated carbocycles. The van der Waals surface area contributed by atoms with Crippen molar-refractivity contribution >= 4 is 23.2 Å². The number of nitrogens with one attached hydrogen (secondary N) is 2. The highest BCUT2D eigenvalue weighted by molar-refractivity contribution is 6.05. The first-order valence-electron chi connectivity index (χ1n) is 9.03. The van der Waals surface area contributed by atoms with E-state index in [1.54, 1.807) is 36.4 Å². The Kier molecular flexibility index (Phi) is 7.68. The molecule has 0 aliphatic heterocycles. The maximum Gasteiger partial charge on any atom is 0.255 e. The third kappa shape index (κ3) is 5.64. The molecule has 7 heteroatoms. The fourth-order valence-corrected chi connectivity index (χ4v) is 2.56. The molecule has 28 heavy (non-hydrogen) atoms. The quantitative estimate of drug-likeness (QED) is 0.678. The van der Waals surface area contributed by atoms with Crippen LogP contribution >= 0.6 is 0 Å². The zero-order valence-corrected chi connectivity index (χ0v) is 16.6. The van der Waals surface area contributed by atoms with Gasteiger partial charge in [-0.25, -0.2) is 0 Å². The lowest BCUT2D eigenvalue weighted by atomic mass is 10.1. The first-order chi connectivity index (χ1) is 13.5. The number of anilines is 2. The maximum absolute atomic E-state index is 12.6. The van der Waals surface area contributed by atoms with Crippen LogP contribution in [0.1, 0.15) is 36.5 Å². The molecule has 2 amide bonds. The van der Waals surface area contributed by atoms with E-state index in [-0.39, 0.29) is 11.8 Å².